The van der Waals surface area contributed by atoms with Crippen LogP contribution in [0.4, 0.5) is 0 Å². The number of furan rings is 3. The van der Waals surface area contributed by atoms with Crippen LogP contribution in [0.3, 0.4) is 0 Å². The minimum absolute atomic E-state index is 0.184. The molecule has 0 bridgehead atoms. The number of benzene rings is 3. The number of ketones is 1. The van der Waals surface area contributed by atoms with E-state index in [4.69, 9.17) is 37.3 Å². The minimum Gasteiger partial charge on any atom is -0.496 e. The molecule has 1 aliphatic heterocycles. The van der Waals surface area contributed by atoms with E-state index in [1.807, 2.05) is 49.4 Å². The van der Waals surface area contributed by atoms with E-state index in [0.29, 0.717) is 28.4 Å². The summed E-state index contributed by atoms with van der Waals surface area (Å²) >= 11 is 0. The van der Waals surface area contributed by atoms with Crippen molar-refractivity contribution in [2.24, 2.45) is 0 Å². The van der Waals surface area contributed by atoms with E-state index in [1.165, 1.54) is 26.2 Å². The van der Waals surface area contributed by atoms with Gasteiger partial charge in [0.2, 0.25) is 5.78 Å². The molecule has 0 radical (unpaired) electrons. The summed E-state index contributed by atoms with van der Waals surface area (Å²) in [6.07, 6.45) is 10.5. The van der Waals surface area contributed by atoms with Crippen LogP contribution in [0.1, 0.15) is 56.2 Å². The smallest absolute Gasteiger partial charge is 0.228 e. The van der Waals surface area contributed by atoms with Crippen LogP contribution in [0.15, 0.2) is 129 Å². The standard InChI is InChI=1S/C13H12O4.C13H14O3.C9H10O2.C4H8O.C4H4O/c1-15-10-6-5-9(8-12(10)16-2)13(14)11-4-3-7-17-11;1-14-12-6-5-10(9-13(12)15-2)8-11-4-3-7-16-11;1-7-5-8(6-10)3-4-9(7)11-2;2*1-2-4-5-3-1/h3-8H,1-2H3;3-7,9H,8H2,1-2H3;3-6H,1-2H3;1-4H2;1-4H. The zero-order valence-electron chi connectivity index (χ0n) is 31.6. The molecule has 11 nitrogen and oxygen atoms in total. The van der Waals surface area contributed by atoms with Crippen LogP contribution in [-0.4, -0.2) is 60.8 Å². The summed E-state index contributed by atoms with van der Waals surface area (Å²) in [6, 6.07) is 27.0. The number of carbonyl (C=O) groups excluding carboxylic acids is 2. The molecular formula is C43H48O11. The summed E-state index contributed by atoms with van der Waals surface area (Å²) < 4.78 is 45.6. The topological polar surface area (TPSA) is 129 Å². The average Bonchev–Trinajstić information content (AvgIpc) is 4.07. The van der Waals surface area contributed by atoms with Gasteiger partial charge in [0.05, 0.1) is 60.6 Å². The third-order valence-electron chi connectivity index (χ3n) is 7.60. The van der Waals surface area contributed by atoms with Crippen LogP contribution in [0, 0.1) is 6.92 Å². The predicted octanol–water partition coefficient (Wildman–Crippen LogP) is 9.31. The molecule has 0 amide bonds. The first-order valence-electron chi connectivity index (χ1n) is 17.1. The van der Waals surface area contributed by atoms with Crippen LogP contribution in [0.5, 0.6) is 28.7 Å². The lowest BCUT2D eigenvalue weighted by Gasteiger charge is -2.08. The molecule has 0 aliphatic carbocycles. The molecule has 1 fully saturated rings. The molecule has 3 aromatic heterocycles. The van der Waals surface area contributed by atoms with Gasteiger partial charge in [0.15, 0.2) is 28.8 Å². The van der Waals surface area contributed by atoms with Crippen molar-refractivity contribution in [1.29, 1.82) is 0 Å². The van der Waals surface area contributed by atoms with Crippen molar-refractivity contribution in [3.63, 3.8) is 0 Å². The first-order valence-corrected chi connectivity index (χ1v) is 17.1. The summed E-state index contributed by atoms with van der Waals surface area (Å²) in [6.45, 7) is 3.91. The molecule has 1 aliphatic rings. The van der Waals surface area contributed by atoms with Gasteiger partial charge in [0, 0.05) is 30.8 Å². The molecule has 0 unspecified atom stereocenters. The van der Waals surface area contributed by atoms with Crippen LogP contribution in [-0.2, 0) is 11.2 Å². The van der Waals surface area contributed by atoms with Crippen molar-refractivity contribution in [1.82, 2.24) is 0 Å². The largest absolute Gasteiger partial charge is 0.496 e. The highest BCUT2D eigenvalue weighted by atomic mass is 16.5. The second-order valence-corrected chi connectivity index (χ2v) is 11.3. The normalized spacial score (nSPS) is 11.0. The zero-order valence-corrected chi connectivity index (χ0v) is 31.6. The third kappa shape index (κ3) is 14.1. The van der Waals surface area contributed by atoms with E-state index in [2.05, 4.69) is 4.42 Å². The molecule has 6 aromatic rings. The lowest BCUT2D eigenvalue weighted by Crippen LogP contribution is -2.01. The predicted molar refractivity (Wildman–Crippen MR) is 205 cm³/mol. The number of hydrogen-bond donors (Lipinski definition) is 0. The number of carbonyl (C=O) groups is 2. The van der Waals surface area contributed by atoms with Gasteiger partial charge < -0.3 is 41.7 Å². The summed E-state index contributed by atoms with van der Waals surface area (Å²) in [5.74, 6) is 4.46. The van der Waals surface area contributed by atoms with E-state index in [9.17, 15) is 9.59 Å². The van der Waals surface area contributed by atoms with Gasteiger partial charge in [-0.25, -0.2) is 0 Å². The first-order chi connectivity index (χ1) is 26.4. The Balaban J connectivity index is 0.000000195. The highest BCUT2D eigenvalue weighted by Crippen LogP contribution is 2.29. The van der Waals surface area contributed by atoms with Gasteiger partial charge in [0.1, 0.15) is 17.8 Å². The van der Waals surface area contributed by atoms with Crippen LogP contribution < -0.4 is 23.7 Å². The van der Waals surface area contributed by atoms with E-state index < -0.39 is 0 Å². The van der Waals surface area contributed by atoms with Gasteiger partial charge in [-0.1, -0.05) is 6.07 Å². The molecule has 1 saturated heterocycles. The van der Waals surface area contributed by atoms with Gasteiger partial charge in [0.25, 0.3) is 0 Å². The monoisotopic (exact) mass is 740 g/mol. The fraction of sp³-hybridized carbons (Fsp3) is 0.256. The number of ether oxygens (including phenoxy) is 6. The molecule has 3 aromatic carbocycles. The summed E-state index contributed by atoms with van der Waals surface area (Å²) in [4.78, 5) is 22.3. The second kappa shape index (κ2) is 24.1. The molecule has 54 heavy (non-hydrogen) atoms. The molecule has 286 valence electrons. The lowest BCUT2D eigenvalue weighted by molar-refractivity contribution is 0.101. The van der Waals surface area contributed by atoms with Gasteiger partial charge in [-0.3, -0.25) is 9.59 Å². The van der Waals surface area contributed by atoms with Crippen LogP contribution >= 0.6 is 0 Å². The molecule has 0 atom stereocenters. The van der Waals surface area contributed by atoms with E-state index in [1.54, 1.807) is 95.8 Å². The zero-order chi connectivity index (χ0) is 39.0. The fourth-order valence-electron chi connectivity index (χ4n) is 4.84. The van der Waals surface area contributed by atoms with Gasteiger partial charge in [-0.2, -0.15) is 0 Å². The van der Waals surface area contributed by atoms with Crippen molar-refractivity contribution in [3.05, 3.63) is 150 Å². The molecule has 0 saturated carbocycles. The van der Waals surface area contributed by atoms with Gasteiger partial charge >= 0.3 is 0 Å². The van der Waals surface area contributed by atoms with Crippen molar-refractivity contribution in [2.45, 2.75) is 26.2 Å². The third-order valence-corrected chi connectivity index (χ3v) is 7.60. The summed E-state index contributed by atoms with van der Waals surface area (Å²) in [5, 5.41) is 0. The molecule has 0 spiro atoms. The van der Waals surface area contributed by atoms with Gasteiger partial charge in [-0.05, 0) is 116 Å². The van der Waals surface area contributed by atoms with E-state index in [-0.39, 0.29) is 5.78 Å². The van der Waals surface area contributed by atoms with E-state index in [0.717, 1.165) is 60.1 Å². The van der Waals surface area contributed by atoms with Crippen molar-refractivity contribution >= 4 is 12.1 Å². The van der Waals surface area contributed by atoms with Crippen molar-refractivity contribution in [2.75, 3.05) is 48.8 Å². The highest BCUT2D eigenvalue weighted by molar-refractivity contribution is 6.07. The Hall–Kier alpha value is -6.20. The first kappa shape index (κ1) is 42.2. The molecule has 4 heterocycles. The Kier molecular flexibility index (Phi) is 18.9. The minimum atomic E-state index is -0.184. The fourth-order valence-corrected chi connectivity index (χ4v) is 4.84. The Labute approximate surface area is 316 Å². The average molecular weight is 741 g/mol. The number of methoxy groups -OCH3 is 5. The number of aryl methyl sites for hydroxylation is 1. The van der Waals surface area contributed by atoms with Crippen LogP contribution in [0.25, 0.3) is 0 Å². The summed E-state index contributed by atoms with van der Waals surface area (Å²) in [5.41, 5.74) is 3.30. The molecule has 7 rings (SSSR count). The SMILES string of the molecule is C1CCOC1.COc1ccc(C(=O)c2ccco2)cc1OC.COc1ccc(C=O)cc1C.COc1ccc(Cc2ccco2)cc1OC.c1ccoc1. The maximum Gasteiger partial charge on any atom is 0.228 e. The molecule has 0 N–H and O–H groups in total. The second-order valence-electron chi connectivity index (χ2n) is 11.3. The Morgan fingerprint density at radius 1 is 0.630 bits per heavy atom. The summed E-state index contributed by atoms with van der Waals surface area (Å²) in [7, 11) is 7.95. The maximum atomic E-state index is 12.0. The number of rotatable bonds is 10. The van der Waals surface area contributed by atoms with Crippen molar-refractivity contribution < 1.29 is 51.3 Å². The lowest BCUT2D eigenvalue weighted by atomic mass is 10.1. The van der Waals surface area contributed by atoms with E-state index >= 15 is 0 Å². The van der Waals surface area contributed by atoms with Crippen molar-refractivity contribution in [3.8, 4) is 28.7 Å². The van der Waals surface area contributed by atoms with Crippen LogP contribution in [0.2, 0.25) is 0 Å². The molecular weight excluding hydrogens is 692 g/mol. The Morgan fingerprint density at radius 2 is 1.22 bits per heavy atom. The quantitative estimate of drug-likeness (QED) is 0.0984. The maximum absolute atomic E-state index is 12.0. The number of hydrogen-bond acceptors (Lipinski definition) is 11. The Morgan fingerprint density at radius 3 is 1.70 bits per heavy atom. The number of aldehydes is 1. The highest BCUT2D eigenvalue weighted by Gasteiger charge is 2.14. The van der Waals surface area contributed by atoms with Gasteiger partial charge in [-0.15, -0.1) is 0 Å². The molecule has 11 heteroatoms. The Bertz CT molecular complexity index is 1870.